The van der Waals surface area contributed by atoms with Crippen molar-refractivity contribution in [2.45, 2.75) is 20.3 Å². The van der Waals surface area contributed by atoms with Crippen LogP contribution in [0.3, 0.4) is 0 Å². The lowest BCUT2D eigenvalue weighted by Crippen LogP contribution is -2.27. The van der Waals surface area contributed by atoms with Crippen LogP contribution in [-0.2, 0) is 11.2 Å². The number of ether oxygens (including phenoxy) is 1. The third-order valence-electron chi connectivity index (χ3n) is 4.81. The molecule has 0 aliphatic heterocycles. The minimum absolute atomic E-state index is 0.0672. The van der Waals surface area contributed by atoms with E-state index < -0.39 is 0 Å². The molecule has 0 atom stereocenters. The van der Waals surface area contributed by atoms with Gasteiger partial charge in [-0.2, -0.15) is 0 Å². The Hall–Kier alpha value is -2.91. The van der Waals surface area contributed by atoms with Gasteiger partial charge in [0.15, 0.2) is 0 Å². The lowest BCUT2D eigenvalue weighted by atomic mass is 9.88. The number of hydrogen-bond donors (Lipinski definition) is 1. The number of carbonyl (C=O) groups excluding carboxylic acids is 1. The van der Waals surface area contributed by atoms with Crippen LogP contribution in [0.2, 0.25) is 0 Å². The lowest BCUT2D eigenvalue weighted by molar-refractivity contribution is 0.0923. The summed E-state index contributed by atoms with van der Waals surface area (Å²) in [5, 5.41) is 2.96. The van der Waals surface area contributed by atoms with Crippen molar-refractivity contribution >= 4 is 5.91 Å². The molecule has 0 aromatic heterocycles. The Labute approximate surface area is 167 Å². The maximum atomic E-state index is 12.8. The fourth-order valence-electron chi connectivity index (χ4n) is 3.50. The van der Waals surface area contributed by atoms with Crippen molar-refractivity contribution in [2.24, 2.45) is 0 Å². The van der Waals surface area contributed by atoms with E-state index >= 15 is 0 Å². The largest absolute Gasteiger partial charge is 0.380 e. The van der Waals surface area contributed by atoms with Gasteiger partial charge in [-0.3, -0.25) is 4.79 Å². The molecule has 0 unspecified atom stereocenters. The topological polar surface area (TPSA) is 38.3 Å². The highest BCUT2D eigenvalue weighted by Crippen LogP contribution is 2.34. The monoisotopic (exact) mass is 373 g/mol. The molecule has 3 nitrogen and oxygen atoms in total. The van der Waals surface area contributed by atoms with Crippen LogP contribution in [-0.4, -0.2) is 25.7 Å². The summed E-state index contributed by atoms with van der Waals surface area (Å²) in [6.07, 6.45) is 0.890. The SMILES string of the molecule is CCOCCNC(=O)c1ccccc1-c1cccc(-c2ccccc2)c1CC. The van der Waals surface area contributed by atoms with E-state index in [2.05, 4.69) is 54.7 Å². The average Bonchev–Trinajstić information content (AvgIpc) is 2.76. The van der Waals surface area contributed by atoms with Crippen LogP contribution in [0.1, 0.15) is 29.8 Å². The lowest BCUT2D eigenvalue weighted by Gasteiger charge is -2.17. The van der Waals surface area contributed by atoms with Gasteiger partial charge in [-0.25, -0.2) is 0 Å². The zero-order valence-electron chi connectivity index (χ0n) is 16.6. The second kappa shape index (κ2) is 9.86. The Morgan fingerprint density at radius 3 is 2.25 bits per heavy atom. The molecule has 0 heterocycles. The van der Waals surface area contributed by atoms with E-state index in [0.29, 0.717) is 25.3 Å². The van der Waals surface area contributed by atoms with Gasteiger partial charge in [0, 0.05) is 18.7 Å². The van der Waals surface area contributed by atoms with Crippen molar-refractivity contribution in [3.63, 3.8) is 0 Å². The van der Waals surface area contributed by atoms with Gasteiger partial charge >= 0.3 is 0 Å². The van der Waals surface area contributed by atoms with Gasteiger partial charge in [0.1, 0.15) is 0 Å². The Kier molecular flexibility index (Phi) is 6.99. The molecule has 3 rings (SSSR count). The summed E-state index contributed by atoms with van der Waals surface area (Å²) < 4.78 is 5.32. The number of benzene rings is 3. The highest BCUT2D eigenvalue weighted by atomic mass is 16.5. The molecule has 28 heavy (non-hydrogen) atoms. The Bertz CT molecular complexity index is 919. The van der Waals surface area contributed by atoms with Gasteiger partial charge in [0.25, 0.3) is 5.91 Å². The number of carbonyl (C=O) groups is 1. The van der Waals surface area contributed by atoms with Crippen LogP contribution >= 0.6 is 0 Å². The zero-order chi connectivity index (χ0) is 19.8. The molecule has 0 spiro atoms. The molecule has 1 N–H and O–H groups in total. The molecule has 0 saturated heterocycles. The predicted molar refractivity (Wildman–Crippen MR) is 116 cm³/mol. The fraction of sp³-hybridized carbons (Fsp3) is 0.240. The first-order valence-electron chi connectivity index (χ1n) is 9.88. The van der Waals surface area contributed by atoms with Crippen molar-refractivity contribution in [3.05, 3.63) is 83.9 Å². The summed E-state index contributed by atoms with van der Waals surface area (Å²) in [5.41, 5.74) is 6.43. The van der Waals surface area contributed by atoms with Gasteiger partial charge < -0.3 is 10.1 Å². The molecule has 1 amide bonds. The third kappa shape index (κ3) is 4.49. The minimum atomic E-state index is -0.0672. The molecule has 3 aromatic rings. The molecule has 3 heteroatoms. The van der Waals surface area contributed by atoms with Crippen LogP contribution in [0.4, 0.5) is 0 Å². The third-order valence-corrected chi connectivity index (χ3v) is 4.81. The summed E-state index contributed by atoms with van der Waals surface area (Å²) in [5.74, 6) is -0.0672. The van der Waals surface area contributed by atoms with Crippen LogP contribution in [0.25, 0.3) is 22.3 Å². The van der Waals surface area contributed by atoms with Gasteiger partial charge in [0.05, 0.1) is 6.61 Å². The number of hydrogen-bond acceptors (Lipinski definition) is 2. The average molecular weight is 373 g/mol. The first kappa shape index (κ1) is 19.8. The predicted octanol–water partition coefficient (Wildman–Crippen LogP) is 5.35. The van der Waals surface area contributed by atoms with E-state index in [1.165, 1.54) is 16.7 Å². The van der Waals surface area contributed by atoms with Crippen molar-refractivity contribution in [1.29, 1.82) is 0 Å². The summed E-state index contributed by atoms with van der Waals surface area (Å²) >= 11 is 0. The van der Waals surface area contributed by atoms with E-state index in [4.69, 9.17) is 4.74 Å². The van der Waals surface area contributed by atoms with E-state index in [0.717, 1.165) is 17.5 Å². The van der Waals surface area contributed by atoms with Crippen LogP contribution in [0.5, 0.6) is 0 Å². The second-order valence-electron chi connectivity index (χ2n) is 6.55. The zero-order valence-corrected chi connectivity index (χ0v) is 16.6. The first-order valence-corrected chi connectivity index (χ1v) is 9.88. The van der Waals surface area contributed by atoms with Gasteiger partial charge in [0.2, 0.25) is 0 Å². The van der Waals surface area contributed by atoms with Crippen molar-refractivity contribution in [2.75, 3.05) is 19.8 Å². The second-order valence-corrected chi connectivity index (χ2v) is 6.55. The molecule has 0 aliphatic rings. The standard InChI is InChI=1S/C25H27NO2/c1-3-20-21(19-11-6-5-7-12-19)15-10-16-22(20)23-13-8-9-14-24(23)25(27)26-17-18-28-4-2/h5-16H,3-4,17-18H2,1-2H3,(H,26,27). The molecule has 0 radical (unpaired) electrons. The molecule has 0 bridgehead atoms. The Balaban J connectivity index is 1.99. The summed E-state index contributed by atoms with van der Waals surface area (Å²) in [4.78, 5) is 12.8. The van der Waals surface area contributed by atoms with Gasteiger partial charge in [-0.05, 0) is 47.2 Å². The highest BCUT2D eigenvalue weighted by Gasteiger charge is 2.16. The van der Waals surface area contributed by atoms with Gasteiger partial charge in [-0.1, -0.05) is 73.7 Å². The maximum Gasteiger partial charge on any atom is 0.251 e. The Morgan fingerprint density at radius 1 is 0.821 bits per heavy atom. The molecule has 3 aromatic carbocycles. The van der Waals surface area contributed by atoms with Crippen molar-refractivity contribution < 1.29 is 9.53 Å². The number of nitrogens with one attached hydrogen (secondary N) is 1. The Morgan fingerprint density at radius 2 is 1.50 bits per heavy atom. The number of amides is 1. The smallest absolute Gasteiger partial charge is 0.251 e. The highest BCUT2D eigenvalue weighted by molar-refractivity contribution is 6.01. The van der Waals surface area contributed by atoms with Crippen molar-refractivity contribution in [3.8, 4) is 22.3 Å². The quantitative estimate of drug-likeness (QED) is 0.541. The molecular weight excluding hydrogens is 346 g/mol. The van der Waals surface area contributed by atoms with E-state index in [1.54, 1.807) is 0 Å². The summed E-state index contributed by atoms with van der Waals surface area (Å²) in [6.45, 7) is 5.79. The minimum Gasteiger partial charge on any atom is -0.380 e. The normalized spacial score (nSPS) is 10.6. The van der Waals surface area contributed by atoms with E-state index in [1.807, 2.05) is 37.3 Å². The van der Waals surface area contributed by atoms with Gasteiger partial charge in [-0.15, -0.1) is 0 Å². The summed E-state index contributed by atoms with van der Waals surface area (Å²) in [6, 6.07) is 24.5. The van der Waals surface area contributed by atoms with E-state index in [9.17, 15) is 4.79 Å². The first-order chi connectivity index (χ1) is 13.8. The summed E-state index contributed by atoms with van der Waals surface area (Å²) in [7, 11) is 0. The number of rotatable bonds is 8. The molecular formula is C25H27NO2. The molecule has 144 valence electrons. The van der Waals surface area contributed by atoms with Crippen molar-refractivity contribution in [1.82, 2.24) is 5.32 Å². The maximum absolute atomic E-state index is 12.8. The van der Waals surface area contributed by atoms with Crippen LogP contribution in [0, 0.1) is 0 Å². The molecule has 0 aliphatic carbocycles. The molecule has 0 fully saturated rings. The fourth-order valence-corrected chi connectivity index (χ4v) is 3.50. The van der Waals surface area contributed by atoms with Crippen LogP contribution < -0.4 is 5.32 Å². The van der Waals surface area contributed by atoms with Crippen LogP contribution in [0.15, 0.2) is 72.8 Å². The van der Waals surface area contributed by atoms with E-state index in [-0.39, 0.29) is 5.91 Å². The molecule has 0 saturated carbocycles.